The summed E-state index contributed by atoms with van der Waals surface area (Å²) in [7, 11) is 0. The molecule has 81 valence electrons. The molecule has 0 unspecified atom stereocenters. The van der Waals surface area contributed by atoms with Crippen molar-refractivity contribution in [3.63, 3.8) is 0 Å². The predicted molar refractivity (Wildman–Crippen MR) is 64.4 cm³/mol. The molecule has 0 spiro atoms. The minimum atomic E-state index is -0.210. The summed E-state index contributed by atoms with van der Waals surface area (Å²) in [5, 5.41) is 0. The molecule has 0 saturated heterocycles. The van der Waals surface area contributed by atoms with Crippen LogP contribution in [0.25, 0.3) is 0 Å². The third-order valence-corrected chi connectivity index (χ3v) is 2.45. The van der Waals surface area contributed by atoms with Crippen molar-refractivity contribution in [1.82, 2.24) is 0 Å². The lowest BCUT2D eigenvalue weighted by Gasteiger charge is -2.23. The molecule has 0 N–H and O–H groups in total. The molecule has 16 heavy (non-hydrogen) atoms. The van der Waals surface area contributed by atoms with Crippen LogP contribution < -0.4 is 4.90 Å². The second-order valence-electron chi connectivity index (χ2n) is 3.48. The van der Waals surface area contributed by atoms with Crippen molar-refractivity contribution in [2.75, 3.05) is 11.4 Å². The molecule has 0 heterocycles. The van der Waals surface area contributed by atoms with Crippen LogP contribution in [0.3, 0.4) is 0 Å². The van der Waals surface area contributed by atoms with E-state index < -0.39 is 0 Å². The largest absolute Gasteiger partial charge is 0.342 e. The maximum atomic E-state index is 13.1. The highest BCUT2D eigenvalue weighted by atomic mass is 19.1. The van der Waals surface area contributed by atoms with Crippen molar-refractivity contribution in [3.05, 3.63) is 60.4 Å². The Bertz CT molecular complexity index is 453. The van der Waals surface area contributed by atoms with Gasteiger partial charge >= 0.3 is 0 Å². The number of hydrogen-bond acceptors (Lipinski definition) is 1. The van der Waals surface area contributed by atoms with Gasteiger partial charge in [0.25, 0.3) is 0 Å². The Hall–Kier alpha value is -1.83. The van der Waals surface area contributed by atoms with Gasteiger partial charge in [-0.25, -0.2) is 4.39 Å². The van der Waals surface area contributed by atoms with Crippen molar-refractivity contribution < 1.29 is 4.39 Å². The maximum Gasteiger partial charge on any atom is 0.125 e. The van der Waals surface area contributed by atoms with E-state index >= 15 is 0 Å². The number of halogens is 1. The molecule has 0 aromatic heterocycles. The van der Waals surface area contributed by atoms with Gasteiger partial charge in [0.2, 0.25) is 0 Å². The van der Waals surface area contributed by atoms with Gasteiger partial charge in [0.15, 0.2) is 0 Å². The van der Waals surface area contributed by atoms with Crippen LogP contribution in [0.1, 0.15) is 6.92 Å². The van der Waals surface area contributed by atoms with E-state index in [2.05, 4.69) is 11.0 Å². The molecule has 0 bridgehead atoms. The van der Waals surface area contributed by atoms with Gasteiger partial charge < -0.3 is 4.90 Å². The van der Waals surface area contributed by atoms with Crippen molar-refractivity contribution >= 4 is 11.4 Å². The van der Waals surface area contributed by atoms with Crippen molar-refractivity contribution in [2.24, 2.45) is 0 Å². The zero-order valence-corrected chi connectivity index (χ0v) is 9.15. The third kappa shape index (κ3) is 2.22. The van der Waals surface area contributed by atoms with Gasteiger partial charge in [0, 0.05) is 17.9 Å². The lowest BCUT2D eigenvalue weighted by molar-refractivity contribution is 0.627. The van der Waals surface area contributed by atoms with Crippen LogP contribution in [-0.4, -0.2) is 6.54 Å². The van der Waals surface area contributed by atoms with Crippen LogP contribution in [-0.2, 0) is 0 Å². The van der Waals surface area contributed by atoms with Gasteiger partial charge in [-0.15, -0.1) is 0 Å². The average Bonchev–Trinajstić information content (AvgIpc) is 2.31. The molecular formula is C14H13FN. The molecule has 0 aliphatic rings. The SMILES string of the molecule is CCN(c1cc[c]cc1)c1cccc(F)c1. The van der Waals surface area contributed by atoms with Crippen molar-refractivity contribution in [3.8, 4) is 0 Å². The number of hydrogen-bond donors (Lipinski definition) is 0. The predicted octanol–water partition coefficient (Wildman–Crippen LogP) is 3.78. The molecule has 0 amide bonds. The Morgan fingerprint density at radius 2 is 1.88 bits per heavy atom. The molecule has 0 fully saturated rings. The zero-order chi connectivity index (χ0) is 11.4. The molecule has 0 aliphatic carbocycles. The van der Waals surface area contributed by atoms with E-state index in [0.717, 1.165) is 17.9 Å². The van der Waals surface area contributed by atoms with E-state index in [4.69, 9.17) is 0 Å². The van der Waals surface area contributed by atoms with Crippen LogP contribution in [0.15, 0.2) is 48.5 Å². The lowest BCUT2D eigenvalue weighted by Crippen LogP contribution is -2.15. The van der Waals surface area contributed by atoms with Crippen LogP contribution >= 0.6 is 0 Å². The standard InChI is InChI=1S/C14H13FN/c1-2-16(13-8-4-3-5-9-13)14-10-6-7-12(15)11-14/h4-11H,2H2,1H3. The van der Waals surface area contributed by atoms with Crippen LogP contribution in [0.2, 0.25) is 0 Å². The fraction of sp³-hybridized carbons (Fsp3) is 0.143. The summed E-state index contributed by atoms with van der Waals surface area (Å²) in [6.45, 7) is 2.84. The first-order valence-corrected chi connectivity index (χ1v) is 5.30. The Morgan fingerprint density at radius 3 is 2.50 bits per heavy atom. The fourth-order valence-electron chi connectivity index (χ4n) is 1.72. The summed E-state index contributed by atoms with van der Waals surface area (Å²) < 4.78 is 13.1. The highest BCUT2D eigenvalue weighted by Gasteiger charge is 2.06. The molecule has 0 saturated carbocycles. The molecule has 2 aromatic carbocycles. The maximum absolute atomic E-state index is 13.1. The van der Waals surface area contributed by atoms with Gasteiger partial charge in [-0.3, -0.25) is 0 Å². The zero-order valence-electron chi connectivity index (χ0n) is 9.15. The van der Waals surface area contributed by atoms with E-state index in [-0.39, 0.29) is 5.82 Å². The summed E-state index contributed by atoms with van der Waals surface area (Å²) in [5.74, 6) is -0.210. The van der Waals surface area contributed by atoms with Crippen LogP contribution in [0, 0.1) is 11.9 Å². The first kappa shape index (κ1) is 10.7. The summed E-state index contributed by atoms with van der Waals surface area (Å²) in [5.41, 5.74) is 1.92. The lowest BCUT2D eigenvalue weighted by atomic mass is 10.2. The number of anilines is 2. The first-order chi connectivity index (χ1) is 7.81. The average molecular weight is 214 g/mol. The Morgan fingerprint density at radius 1 is 1.12 bits per heavy atom. The Balaban J connectivity index is 2.37. The van der Waals surface area contributed by atoms with Crippen molar-refractivity contribution in [2.45, 2.75) is 6.92 Å². The van der Waals surface area contributed by atoms with Crippen molar-refractivity contribution in [1.29, 1.82) is 0 Å². The van der Waals surface area contributed by atoms with Gasteiger partial charge in [-0.1, -0.05) is 18.2 Å². The second-order valence-corrected chi connectivity index (χ2v) is 3.48. The highest BCUT2D eigenvalue weighted by Crippen LogP contribution is 2.24. The van der Waals surface area contributed by atoms with E-state index in [1.165, 1.54) is 6.07 Å². The van der Waals surface area contributed by atoms with E-state index in [0.29, 0.717) is 0 Å². The molecule has 0 aliphatic heterocycles. The molecular weight excluding hydrogens is 201 g/mol. The van der Waals surface area contributed by atoms with Crippen LogP contribution in [0.5, 0.6) is 0 Å². The topological polar surface area (TPSA) is 3.24 Å². The summed E-state index contributed by atoms with van der Waals surface area (Å²) in [6.07, 6.45) is 0. The summed E-state index contributed by atoms with van der Waals surface area (Å²) in [6, 6.07) is 17.3. The summed E-state index contributed by atoms with van der Waals surface area (Å²) >= 11 is 0. The minimum absolute atomic E-state index is 0.210. The smallest absolute Gasteiger partial charge is 0.125 e. The minimum Gasteiger partial charge on any atom is -0.342 e. The van der Waals surface area contributed by atoms with Gasteiger partial charge in [0.05, 0.1) is 0 Å². The van der Waals surface area contributed by atoms with Gasteiger partial charge in [-0.05, 0) is 43.3 Å². The molecule has 2 heteroatoms. The van der Waals surface area contributed by atoms with E-state index in [9.17, 15) is 4.39 Å². The third-order valence-electron chi connectivity index (χ3n) is 2.45. The van der Waals surface area contributed by atoms with E-state index in [1.807, 2.05) is 37.3 Å². The molecule has 0 atom stereocenters. The monoisotopic (exact) mass is 214 g/mol. The molecule has 1 radical (unpaired) electrons. The summed E-state index contributed by atoms with van der Waals surface area (Å²) in [4.78, 5) is 2.05. The normalized spacial score (nSPS) is 10.1. The van der Waals surface area contributed by atoms with Gasteiger partial charge in [-0.2, -0.15) is 0 Å². The van der Waals surface area contributed by atoms with Gasteiger partial charge in [0.1, 0.15) is 5.82 Å². The first-order valence-electron chi connectivity index (χ1n) is 5.30. The second kappa shape index (κ2) is 4.79. The molecule has 2 aromatic rings. The quantitative estimate of drug-likeness (QED) is 0.751. The Labute approximate surface area is 95.1 Å². The Kier molecular flexibility index (Phi) is 3.20. The number of nitrogens with zero attached hydrogens (tertiary/aromatic N) is 1. The molecule has 1 nitrogen and oxygen atoms in total. The number of benzene rings is 2. The van der Waals surface area contributed by atoms with E-state index in [1.54, 1.807) is 12.1 Å². The van der Waals surface area contributed by atoms with Crippen LogP contribution in [0.4, 0.5) is 15.8 Å². The molecule has 2 rings (SSSR count). The number of rotatable bonds is 3. The highest BCUT2D eigenvalue weighted by molar-refractivity contribution is 5.62. The fourth-order valence-corrected chi connectivity index (χ4v) is 1.72.